The van der Waals surface area contributed by atoms with E-state index in [0.29, 0.717) is 22.9 Å². The maximum absolute atomic E-state index is 12.5. The number of ether oxygens (including phenoxy) is 2. The maximum Gasteiger partial charge on any atom is 0.323 e. The van der Waals surface area contributed by atoms with Gasteiger partial charge >= 0.3 is 6.03 Å². The zero-order valence-corrected chi connectivity index (χ0v) is 15.6. The number of nitrogens with one attached hydrogen (secondary N) is 3. The highest BCUT2D eigenvalue weighted by molar-refractivity contribution is 7.13. The average molecular weight is 372 g/mol. The number of carbonyl (C=O) groups is 1. The van der Waals surface area contributed by atoms with Crippen LogP contribution in [0.4, 0.5) is 16.2 Å². The first-order chi connectivity index (χ1) is 12.6. The number of methoxy groups -OCH3 is 2. The number of benzene rings is 1. The van der Waals surface area contributed by atoms with E-state index in [9.17, 15) is 4.79 Å². The van der Waals surface area contributed by atoms with Gasteiger partial charge in [-0.3, -0.25) is 5.10 Å². The Hall–Kier alpha value is -3.00. The number of hydrogen-bond donors (Lipinski definition) is 3. The molecule has 0 saturated heterocycles. The van der Waals surface area contributed by atoms with Crippen LogP contribution in [0.5, 0.6) is 11.5 Å². The molecule has 8 heteroatoms. The van der Waals surface area contributed by atoms with Crippen LogP contribution < -0.4 is 20.1 Å². The van der Waals surface area contributed by atoms with Gasteiger partial charge in [-0.2, -0.15) is 5.10 Å². The number of carbonyl (C=O) groups excluding carboxylic acids is 1. The fourth-order valence-electron chi connectivity index (χ4n) is 2.52. The first-order valence-corrected chi connectivity index (χ1v) is 8.94. The Kier molecular flexibility index (Phi) is 5.43. The van der Waals surface area contributed by atoms with Crippen LogP contribution in [0.3, 0.4) is 0 Å². The highest BCUT2D eigenvalue weighted by atomic mass is 32.1. The van der Waals surface area contributed by atoms with Gasteiger partial charge in [0.25, 0.3) is 0 Å². The molecule has 0 fully saturated rings. The van der Waals surface area contributed by atoms with Gasteiger partial charge in [-0.15, -0.1) is 11.3 Å². The second kappa shape index (κ2) is 7.92. The molecule has 1 aromatic carbocycles. The molecule has 3 N–H and O–H groups in total. The summed E-state index contributed by atoms with van der Waals surface area (Å²) < 4.78 is 10.4. The van der Waals surface area contributed by atoms with Gasteiger partial charge in [0.15, 0.2) is 0 Å². The minimum atomic E-state index is -0.366. The lowest BCUT2D eigenvalue weighted by Crippen LogP contribution is -2.20. The summed E-state index contributed by atoms with van der Waals surface area (Å²) in [5.41, 5.74) is 2.85. The fraction of sp³-hybridized carbons (Fsp3) is 0.222. The van der Waals surface area contributed by atoms with Gasteiger partial charge < -0.3 is 20.1 Å². The first kappa shape index (κ1) is 17.8. The van der Waals surface area contributed by atoms with Crippen molar-refractivity contribution in [3.63, 3.8) is 0 Å². The summed E-state index contributed by atoms with van der Waals surface area (Å²) in [6.45, 7) is 2.00. The van der Waals surface area contributed by atoms with Gasteiger partial charge in [-0.25, -0.2) is 4.79 Å². The molecule has 2 heterocycles. The highest BCUT2D eigenvalue weighted by Gasteiger charge is 2.17. The SMILES string of the molecule is CCc1[nH]nc(-c2cccs2)c1NC(=O)Nc1cc(OC)cc(OC)c1. The number of thiophene rings is 1. The Morgan fingerprint density at radius 2 is 1.92 bits per heavy atom. The highest BCUT2D eigenvalue weighted by Crippen LogP contribution is 2.32. The Balaban J connectivity index is 1.82. The number of aromatic amines is 1. The minimum Gasteiger partial charge on any atom is -0.497 e. The molecule has 3 rings (SSSR count). The van der Waals surface area contributed by atoms with Crippen molar-refractivity contribution in [3.05, 3.63) is 41.4 Å². The Morgan fingerprint density at radius 1 is 1.19 bits per heavy atom. The largest absolute Gasteiger partial charge is 0.497 e. The van der Waals surface area contributed by atoms with E-state index < -0.39 is 0 Å². The predicted octanol–water partition coefficient (Wildman–Crippen LogP) is 4.36. The van der Waals surface area contributed by atoms with Crippen molar-refractivity contribution in [1.82, 2.24) is 10.2 Å². The molecule has 0 aliphatic rings. The normalized spacial score (nSPS) is 10.4. The van der Waals surface area contributed by atoms with Gasteiger partial charge in [0.1, 0.15) is 17.2 Å². The van der Waals surface area contributed by atoms with Gasteiger partial charge in [-0.05, 0) is 17.9 Å². The van der Waals surface area contributed by atoms with Crippen molar-refractivity contribution in [1.29, 1.82) is 0 Å². The summed E-state index contributed by atoms with van der Waals surface area (Å²) >= 11 is 1.57. The van der Waals surface area contributed by atoms with E-state index in [0.717, 1.165) is 22.7 Å². The monoisotopic (exact) mass is 372 g/mol. The number of nitrogens with zero attached hydrogens (tertiary/aromatic N) is 1. The molecule has 0 bridgehead atoms. The third kappa shape index (κ3) is 3.80. The Morgan fingerprint density at radius 3 is 2.50 bits per heavy atom. The van der Waals surface area contributed by atoms with Gasteiger partial charge in [0.2, 0.25) is 0 Å². The summed E-state index contributed by atoms with van der Waals surface area (Å²) in [5, 5.41) is 15.0. The minimum absolute atomic E-state index is 0.366. The van der Waals surface area contributed by atoms with Gasteiger partial charge in [-0.1, -0.05) is 13.0 Å². The standard InChI is InChI=1S/C18H20N4O3S/c1-4-14-16(17(22-21-14)15-6-5-7-26-15)20-18(23)19-11-8-12(24-2)10-13(9-11)25-3/h5-10H,4H2,1-3H3,(H,21,22)(H2,19,20,23). The third-order valence-corrected chi connectivity index (χ3v) is 4.67. The lowest BCUT2D eigenvalue weighted by Gasteiger charge is -2.11. The molecule has 0 spiro atoms. The van der Waals surface area contributed by atoms with Crippen molar-refractivity contribution < 1.29 is 14.3 Å². The fourth-order valence-corrected chi connectivity index (χ4v) is 3.24. The number of anilines is 2. The smallest absolute Gasteiger partial charge is 0.323 e. The van der Waals surface area contributed by atoms with E-state index in [-0.39, 0.29) is 6.03 Å². The second-order valence-electron chi connectivity index (χ2n) is 5.44. The van der Waals surface area contributed by atoms with Gasteiger partial charge in [0, 0.05) is 23.9 Å². The molecule has 0 unspecified atom stereocenters. The molecule has 0 atom stereocenters. The molecule has 0 aliphatic heterocycles. The molecule has 0 aliphatic carbocycles. The van der Waals surface area contributed by atoms with Crippen molar-refractivity contribution in [2.75, 3.05) is 24.9 Å². The van der Waals surface area contributed by atoms with Crippen molar-refractivity contribution >= 4 is 28.7 Å². The van der Waals surface area contributed by atoms with Gasteiger partial charge in [0.05, 0.1) is 30.5 Å². The maximum atomic E-state index is 12.5. The third-order valence-electron chi connectivity index (χ3n) is 3.80. The number of rotatable bonds is 6. The summed E-state index contributed by atoms with van der Waals surface area (Å²) in [7, 11) is 3.12. The summed E-state index contributed by atoms with van der Waals surface area (Å²) in [5.74, 6) is 1.19. The number of urea groups is 1. The Bertz CT molecular complexity index is 868. The van der Waals surface area contributed by atoms with Crippen LogP contribution in [0.25, 0.3) is 10.6 Å². The zero-order valence-electron chi connectivity index (χ0n) is 14.8. The van der Waals surface area contributed by atoms with E-state index in [1.165, 1.54) is 0 Å². The van der Waals surface area contributed by atoms with Crippen molar-refractivity contribution in [3.8, 4) is 22.1 Å². The van der Waals surface area contributed by atoms with Crippen LogP contribution >= 0.6 is 11.3 Å². The lowest BCUT2D eigenvalue weighted by atomic mass is 10.2. The summed E-state index contributed by atoms with van der Waals surface area (Å²) in [6, 6.07) is 8.73. The molecule has 7 nitrogen and oxygen atoms in total. The zero-order chi connectivity index (χ0) is 18.5. The summed E-state index contributed by atoms with van der Waals surface area (Å²) in [4.78, 5) is 13.5. The van der Waals surface area contributed by atoms with E-state index in [2.05, 4.69) is 20.8 Å². The number of aromatic nitrogens is 2. The molecular formula is C18H20N4O3S. The van der Waals surface area contributed by atoms with E-state index in [1.54, 1.807) is 43.8 Å². The van der Waals surface area contributed by atoms with E-state index >= 15 is 0 Å². The topological polar surface area (TPSA) is 88.3 Å². The van der Waals surface area contributed by atoms with Crippen LogP contribution in [0, 0.1) is 0 Å². The van der Waals surface area contributed by atoms with E-state index in [1.807, 2.05) is 24.4 Å². The lowest BCUT2D eigenvalue weighted by molar-refractivity contribution is 0.262. The van der Waals surface area contributed by atoms with Crippen molar-refractivity contribution in [2.24, 2.45) is 0 Å². The number of hydrogen-bond acceptors (Lipinski definition) is 5. The van der Waals surface area contributed by atoms with E-state index in [4.69, 9.17) is 9.47 Å². The van der Waals surface area contributed by atoms with Crippen LogP contribution in [0.15, 0.2) is 35.7 Å². The molecule has 3 aromatic rings. The quantitative estimate of drug-likeness (QED) is 0.600. The number of H-pyrrole nitrogens is 1. The Labute approximate surface area is 155 Å². The molecule has 0 radical (unpaired) electrons. The number of aryl methyl sites for hydroxylation is 1. The predicted molar refractivity (Wildman–Crippen MR) is 103 cm³/mol. The van der Waals surface area contributed by atoms with Crippen LogP contribution in [0.2, 0.25) is 0 Å². The molecule has 136 valence electrons. The second-order valence-corrected chi connectivity index (χ2v) is 6.38. The average Bonchev–Trinajstić information content (AvgIpc) is 3.30. The molecular weight excluding hydrogens is 352 g/mol. The van der Waals surface area contributed by atoms with Crippen LogP contribution in [-0.4, -0.2) is 30.4 Å². The molecule has 2 aromatic heterocycles. The first-order valence-electron chi connectivity index (χ1n) is 8.06. The molecule has 2 amide bonds. The van der Waals surface area contributed by atoms with Crippen molar-refractivity contribution in [2.45, 2.75) is 13.3 Å². The van der Waals surface area contributed by atoms with Crippen LogP contribution in [-0.2, 0) is 6.42 Å². The summed E-state index contributed by atoms with van der Waals surface area (Å²) in [6.07, 6.45) is 0.723. The number of amides is 2. The van der Waals surface area contributed by atoms with Crippen LogP contribution in [0.1, 0.15) is 12.6 Å². The molecule has 0 saturated carbocycles. The molecule has 26 heavy (non-hydrogen) atoms.